The minimum atomic E-state index is 0.893. The van der Waals surface area contributed by atoms with Gasteiger partial charge in [-0.3, -0.25) is 0 Å². The topological polar surface area (TPSA) is 0 Å². The van der Waals surface area contributed by atoms with Crippen LogP contribution in [-0.2, 0) is 0 Å². The molecule has 1 aliphatic carbocycles. The second kappa shape index (κ2) is 2.55. The van der Waals surface area contributed by atoms with E-state index in [9.17, 15) is 0 Å². The number of rotatable bonds is 3. The monoisotopic (exact) mass is 124 g/mol. The Morgan fingerprint density at radius 3 is 2.56 bits per heavy atom. The molecule has 0 radical (unpaired) electrons. The summed E-state index contributed by atoms with van der Waals surface area (Å²) in [5, 5.41) is 0. The first kappa shape index (κ1) is 6.85. The highest BCUT2D eigenvalue weighted by Crippen LogP contribution is 2.44. The lowest BCUT2D eigenvalue weighted by molar-refractivity contribution is 0.777. The van der Waals surface area contributed by atoms with Crippen molar-refractivity contribution in [3.05, 3.63) is 12.2 Å². The van der Waals surface area contributed by atoms with Gasteiger partial charge in [-0.2, -0.15) is 0 Å². The average molecular weight is 124 g/mol. The Morgan fingerprint density at radius 2 is 2.22 bits per heavy atom. The SMILES string of the molecule is C=C(CCC)C1CC1C. The highest BCUT2D eigenvalue weighted by molar-refractivity contribution is 5.10. The fourth-order valence-electron chi connectivity index (χ4n) is 1.40. The van der Waals surface area contributed by atoms with Gasteiger partial charge in [0.25, 0.3) is 0 Å². The van der Waals surface area contributed by atoms with Crippen molar-refractivity contribution in [2.24, 2.45) is 11.8 Å². The van der Waals surface area contributed by atoms with Crippen LogP contribution in [0.15, 0.2) is 12.2 Å². The van der Waals surface area contributed by atoms with Gasteiger partial charge in [0.1, 0.15) is 0 Å². The molecule has 2 unspecified atom stereocenters. The van der Waals surface area contributed by atoms with E-state index < -0.39 is 0 Å². The highest BCUT2D eigenvalue weighted by atomic mass is 14.4. The average Bonchev–Trinajstić information content (AvgIpc) is 2.47. The van der Waals surface area contributed by atoms with E-state index in [1.807, 2.05) is 0 Å². The van der Waals surface area contributed by atoms with Crippen molar-refractivity contribution in [2.45, 2.75) is 33.1 Å². The molecule has 2 atom stereocenters. The van der Waals surface area contributed by atoms with Crippen molar-refractivity contribution in [3.8, 4) is 0 Å². The van der Waals surface area contributed by atoms with Gasteiger partial charge >= 0.3 is 0 Å². The maximum Gasteiger partial charge on any atom is -0.0177 e. The van der Waals surface area contributed by atoms with Gasteiger partial charge in [0.15, 0.2) is 0 Å². The summed E-state index contributed by atoms with van der Waals surface area (Å²) in [6, 6.07) is 0. The third-order valence-corrected chi connectivity index (χ3v) is 2.20. The molecule has 1 rings (SSSR count). The molecule has 0 nitrogen and oxygen atoms in total. The maximum atomic E-state index is 4.06. The van der Waals surface area contributed by atoms with Crippen LogP contribution >= 0.6 is 0 Å². The summed E-state index contributed by atoms with van der Waals surface area (Å²) in [4.78, 5) is 0. The normalized spacial score (nSPS) is 32.2. The largest absolute Gasteiger partial charge is 0.0996 e. The van der Waals surface area contributed by atoms with Gasteiger partial charge in [-0.25, -0.2) is 0 Å². The molecule has 0 N–H and O–H groups in total. The first-order chi connectivity index (χ1) is 4.25. The van der Waals surface area contributed by atoms with Gasteiger partial charge in [0.05, 0.1) is 0 Å². The van der Waals surface area contributed by atoms with Crippen LogP contribution in [-0.4, -0.2) is 0 Å². The second-order valence-electron chi connectivity index (χ2n) is 3.23. The molecule has 1 saturated carbocycles. The first-order valence-corrected chi connectivity index (χ1v) is 3.93. The van der Waals surface area contributed by atoms with Crippen LogP contribution in [0.1, 0.15) is 33.1 Å². The third-order valence-electron chi connectivity index (χ3n) is 2.20. The summed E-state index contributed by atoms with van der Waals surface area (Å²) in [5.74, 6) is 1.84. The van der Waals surface area contributed by atoms with Gasteiger partial charge in [-0.15, -0.1) is 0 Å². The zero-order valence-electron chi connectivity index (χ0n) is 6.48. The Balaban J connectivity index is 2.20. The highest BCUT2D eigenvalue weighted by Gasteiger charge is 2.33. The van der Waals surface area contributed by atoms with Gasteiger partial charge in [-0.05, 0) is 24.7 Å². The molecule has 1 fully saturated rings. The van der Waals surface area contributed by atoms with E-state index in [1.54, 1.807) is 0 Å². The second-order valence-corrected chi connectivity index (χ2v) is 3.23. The van der Waals surface area contributed by atoms with Gasteiger partial charge < -0.3 is 0 Å². The lowest BCUT2D eigenvalue weighted by atomic mass is 10.1. The fraction of sp³-hybridized carbons (Fsp3) is 0.778. The summed E-state index contributed by atoms with van der Waals surface area (Å²) in [6.45, 7) is 8.59. The zero-order valence-corrected chi connectivity index (χ0v) is 6.48. The van der Waals surface area contributed by atoms with Crippen LogP contribution in [0.3, 0.4) is 0 Å². The smallest absolute Gasteiger partial charge is 0.0177 e. The summed E-state index contributed by atoms with van der Waals surface area (Å²) in [6.07, 6.45) is 3.91. The summed E-state index contributed by atoms with van der Waals surface area (Å²) >= 11 is 0. The predicted octanol–water partition coefficient (Wildman–Crippen LogP) is 3.00. The molecule has 0 amide bonds. The van der Waals surface area contributed by atoms with E-state index >= 15 is 0 Å². The van der Waals surface area contributed by atoms with E-state index in [0.717, 1.165) is 11.8 Å². The Morgan fingerprint density at radius 1 is 1.67 bits per heavy atom. The van der Waals surface area contributed by atoms with E-state index in [0.29, 0.717) is 0 Å². The fourth-order valence-corrected chi connectivity index (χ4v) is 1.40. The van der Waals surface area contributed by atoms with E-state index in [2.05, 4.69) is 20.4 Å². The summed E-state index contributed by atoms with van der Waals surface area (Å²) < 4.78 is 0. The predicted molar refractivity (Wildman–Crippen MR) is 41.3 cm³/mol. The third kappa shape index (κ3) is 1.57. The van der Waals surface area contributed by atoms with Crippen LogP contribution < -0.4 is 0 Å². The Bertz CT molecular complexity index is 113. The minimum absolute atomic E-state index is 0.893. The minimum Gasteiger partial charge on any atom is -0.0996 e. The Hall–Kier alpha value is -0.260. The molecule has 0 heteroatoms. The maximum absolute atomic E-state index is 4.06. The first-order valence-electron chi connectivity index (χ1n) is 3.93. The molecule has 0 spiro atoms. The van der Waals surface area contributed by atoms with Crippen molar-refractivity contribution in [3.63, 3.8) is 0 Å². The van der Waals surface area contributed by atoms with Crippen molar-refractivity contribution in [2.75, 3.05) is 0 Å². The molecule has 52 valence electrons. The Labute approximate surface area is 58.0 Å². The van der Waals surface area contributed by atoms with E-state index in [-0.39, 0.29) is 0 Å². The molecular weight excluding hydrogens is 108 g/mol. The van der Waals surface area contributed by atoms with Crippen molar-refractivity contribution in [1.82, 2.24) is 0 Å². The molecule has 1 aliphatic rings. The number of hydrogen-bond acceptors (Lipinski definition) is 0. The number of allylic oxidation sites excluding steroid dienone is 1. The van der Waals surface area contributed by atoms with Crippen LogP contribution in [0, 0.1) is 11.8 Å². The van der Waals surface area contributed by atoms with Crippen LogP contribution in [0.4, 0.5) is 0 Å². The van der Waals surface area contributed by atoms with Crippen molar-refractivity contribution in [1.29, 1.82) is 0 Å². The van der Waals surface area contributed by atoms with Crippen molar-refractivity contribution >= 4 is 0 Å². The lowest BCUT2D eigenvalue weighted by Gasteiger charge is -1.98. The van der Waals surface area contributed by atoms with Crippen LogP contribution in [0.25, 0.3) is 0 Å². The zero-order chi connectivity index (χ0) is 6.85. The molecule has 0 heterocycles. The molecule has 0 aliphatic heterocycles. The van der Waals surface area contributed by atoms with E-state index in [1.165, 1.54) is 24.8 Å². The molecule has 0 bridgehead atoms. The molecule has 0 aromatic rings. The quantitative estimate of drug-likeness (QED) is 0.507. The lowest BCUT2D eigenvalue weighted by Crippen LogP contribution is -1.83. The molecule has 0 aromatic heterocycles. The van der Waals surface area contributed by atoms with Gasteiger partial charge in [0, 0.05) is 0 Å². The van der Waals surface area contributed by atoms with E-state index in [4.69, 9.17) is 0 Å². The molecule has 0 saturated heterocycles. The summed E-state index contributed by atoms with van der Waals surface area (Å²) in [5.41, 5.74) is 1.49. The summed E-state index contributed by atoms with van der Waals surface area (Å²) in [7, 11) is 0. The standard InChI is InChI=1S/C9H16/c1-4-5-7(2)9-6-8(9)3/h8-9H,2,4-6H2,1,3H3. The molecule has 0 aromatic carbocycles. The van der Waals surface area contributed by atoms with Crippen molar-refractivity contribution < 1.29 is 0 Å². The van der Waals surface area contributed by atoms with Gasteiger partial charge in [-0.1, -0.05) is 32.4 Å². The Kier molecular flexibility index (Phi) is 1.94. The van der Waals surface area contributed by atoms with Gasteiger partial charge in [0.2, 0.25) is 0 Å². The number of hydrogen-bond donors (Lipinski definition) is 0. The molecular formula is C9H16. The van der Waals surface area contributed by atoms with Crippen LogP contribution in [0.5, 0.6) is 0 Å². The van der Waals surface area contributed by atoms with Crippen LogP contribution in [0.2, 0.25) is 0 Å². The molecule has 9 heavy (non-hydrogen) atoms.